The fourth-order valence-electron chi connectivity index (χ4n) is 2.36. The smallest absolute Gasteiger partial charge is 0.311 e. The predicted octanol–water partition coefficient (Wildman–Crippen LogP) is 1.07. The predicted molar refractivity (Wildman–Crippen MR) is 90.9 cm³/mol. The number of nitrogens with zero attached hydrogens (tertiary/aromatic N) is 2. The molecule has 1 heterocycles. The zero-order valence-corrected chi connectivity index (χ0v) is 13.8. The van der Waals surface area contributed by atoms with Crippen molar-refractivity contribution in [2.45, 2.75) is 19.8 Å². The molecule has 0 atom stereocenters. The minimum atomic E-state index is -0.444. The van der Waals surface area contributed by atoms with E-state index in [1.165, 1.54) is 11.8 Å². The van der Waals surface area contributed by atoms with Gasteiger partial charge < -0.3 is 9.84 Å². The summed E-state index contributed by atoms with van der Waals surface area (Å²) in [5, 5.41) is 11.8. The number of carbonyl (C=O) groups is 1. The standard InChI is InChI=1S/C17H21N3O4/c1-12(18-9-6-10-21)16-14(11-15(22)24-2)19-20(17(16)23)13-7-4-3-5-8-13/h3-5,7-8,19,21H,6,9-11H2,1-2H3. The van der Waals surface area contributed by atoms with Crippen molar-refractivity contribution in [1.82, 2.24) is 9.78 Å². The van der Waals surface area contributed by atoms with Gasteiger partial charge in [-0.15, -0.1) is 0 Å². The number of aromatic nitrogens is 2. The summed E-state index contributed by atoms with van der Waals surface area (Å²) in [5.74, 6) is -0.444. The molecule has 7 nitrogen and oxygen atoms in total. The molecule has 0 saturated carbocycles. The van der Waals surface area contributed by atoms with E-state index in [2.05, 4.69) is 10.1 Å². The van der Waals surface area contributed by atoms with Crippen molar-refractivity contribution in [2.24, 2.45) is 4.99 Å². The van der Waals surface area contributed by atoms with Gasteiger partial charge in [0.25, 0.3) is 5.56 Å². The number of aliphatic hydroxyl groups excluding tert-OH is 1. The summed E-state index contributed by atoms with van der Waals surface area (Å²) < 4.78 is 6.09. The molecule has 0 aliphatic rings. The van der Waals surface area contributed by atoms with Crippen LogP contribution in [0.2, 0.25) is 0 Å². The summed E-state index contributed by atoms with van der Waals surface area (Å²) >= 11 is 0. The molecule has 1 aromatic carbocycles. The number of hydrogen-bond donors (Lipinski definition) is 2. The fourth-order valence-corrected chi connectivity index (χ4v) is 2.36. The monoisotopic (exact) mass is 331 g/mol. The lowest BCUT2D eigenvalue weighted by atomic mass is 10.1. The van der Waals surface area contributed by atoms with Gasteiger partial charge in [-0.2, -0.15) is 0 Å². The minimum Gasteiger partial charge on any atom is -0.469 e. The average Bonchev–Trinajstić information content (AvgIpc) is 2.91. The number of rotatable bonds is 7. The first-order valence-electron chi connectivity index (χ1n) is 7.67. The molecular formula is C17H21N3O4. The maximum atomic E-state index is 12.8. The van der Waals surface area contributed by atoms with Crippen LogP contribution in [0.1, 0.15) is 24.6 Å². The lowest BCUT2D eigenvalue weighted by Gasteiger charge is -2.02. The molecule has 24 heavy (non-hydrogen) atoms. The van der Waals surface area contributed by atoms with Crippen LogP contribution in [0.4, 0.5) is 0 Å². The first kappa shape index (κ1) is 17.7. The van der Waals surface area contributed by atoms with E-state index in [0.717, 1.165) is 0 Å². The van der Waals surface area contributed by atoms with Crippen LogP contribution in [0.3, 0.4) is 0 Å². The number of aliphatic hydroxyl groups is 1. The third-order valence-corrected chi connectivity index (χ3v) is 3.56. The molecule has 0 bridgehead atoms. The molecule has 0 aliphatic heterocycles. The van der Waals surface area contributed by atoms with E-state index in [1.807, 2.05) is 18.2 Å². The molecule has 0 radical (unpaired) electrons. The number of nitrogens with one attached hydrogen (secondary N) is 1. The zero-order chi connectivity index (χ0) is 17.5. The van der Waals surface area contributed by atoms with Crippen LogP contribution < -0.4 is 5.56 Å². The van der Waals surface area contributed by atoms with Crippen molar-refractivity contribution >= 4 is 11.7 Å². The summed E-state index contributed by atoms with van der Waals surface area (Å²) in [6.07, 6.45) is 0.467. The number of carbonyl (C=O) groups excluding carboxylic acids is 1. The second-order valence-corrected chi connectivity index (χ2v) is 5.24. The quantitative estimate of drug-likeness (QED) is 0.451. The summed E-state index contributed by atoms with van der Waals surface area (Å²) in [7, 11) is 1.30. The maximum absolute atomic E-state index is 12.8. The molecule has 2 aromatic rings. The molecule has 2 rings (SSSR count). The lowest BCUT2D eigenvalue weighted by molar-refractivity contribution is -0.139. The number of esters is 1. The Morgan fingerprint density at radius 1 is 1.33 bits per heavy atom. The van der Waals surface area contributed by atoms with Crippen molar-refractivity contribution in [2.75, 3.05) is 20.3 Å². The molecule has 0 saturated heterocycles. The third-order valence-electron chi connectivity index (χ3n) is 3.56. The molecular weight excluding hydrogens is 310 g/mol. The van der Waals surface area contributed by atoms with Crippen molar-refractivity contribution < 1.29 is 14.6 Å². The van der Waals surface area contributed by atoms with Gasteiger partial charge in [-0.1, -0.05) is 18.2 Å². The van der Waals surface area contributed by atoms with Gasteiger partial charge in [0.05, 0.1) is 30.5 Å². The van der Waals surface area contributed by atoms with Gasteiger partial charge in [-0.25, -0.2) is 4.68 Å². The van der Waals surface area contributed by atoms with Gasteiger partial charge in [-0.05, 0) is 25.5 Å². The zero-order valence-electron chi connectivity index (χ0n) is 13.8. The van der Waals surface area contributed by atoms with Gasteiger partial charge in [0.1, 0.15) is 0 Å². The van der Waals surface area contributed by atoms with Crippen LogP contribution in [0, 0.1) is 0 Å². The highest BCUT2D eigenvalue weighted by atomic mass is 16.5. The van der Waals surface area contributed by atoms with Crippen molar-refractivity contribution in [3.63, 3.8) is 0 Å². The van der Waals surface area contributed by atoms with Crippen LogP contribution >= 0.6 is 0 Å². The molecule has 0 aliphatic carbocycles. The topological polar surface area (TPSA) is 96.7 Å². The first-order valence-corrected chi connectivity index (χ1v) is 7.67. The first-order chi connectivity index (χ1) is 11.6. The average molecular weight is 331 g/mol. The van der Waals surface area contributed by atoms with Crippen molar-refractivity contribution in [3.05, 3.63) is 51.9 Å². The second-order valence-electron chi connectivity index (χ2n) is 5.24. The van der Waals surface area contributed by atoms with Crippen molar-refractivity contribution in [3.8, 4) is 5.69 Å². The Hall–Kier alpha value is -2.67. The van der Waals surface area contributed by atoms with E-state index in [0.29, 0.717) is 35.6 Å². The largest absolute Gasteiger partial charge is 0.469 e. The van der Waals surface area contributed by atoms with E-state index in [9.17, 15) is 9.59 Å². The van der Waals surface area contributed by atoms with E-state index in [4.69, 9.17) is 9.84 Å². The number of benzene rings is 1. The van der Waals surface area contributed by atoms with E-state index in [1.54, 1.807) is 19.1 Å². The Morgan fingerprint density at radius 3 is 2.67 bits per heavy atom. The number of aliphatic imine (C=N–C) groups is 1. The number of aromatic amines is 1. The summed E-state index contributed by atoms with van der Waals surface area (Å²) in [6, 6.07) is 9.09. The van der Waals surface area contributed by atoms with Crippen molar-refractivity contribution in [1.29, 1.82) is 0 Å². The van der Waals surface area contributed by atoms with Crippen LogP contribution in [-0.2, 0) is 16.0 Å². The van der Waals surface area contributed by atoms with Crippen LogP contribution in [0.15, 0.2) is 40.1 Å². The third kappa shape index (κ3) is 3.99. The van der Waals surface area contributed by atoms with E-state index >= 15 is 0 Å². The van der Waals surface area contributed by atoms with Gasteiger partial charge in [0.15, 0.2) is 0 Å². The highest BCUT2D eigenvalue weighted by Crippen LogP contribution is 2.10. The van der Waals surface area contributed by atoms with E-state index < -0.39 is 5.97 Å². The summed E-state index contributed by atoms with van der Waals surface area (Å²) in [6.45, 7) is 2.17. The number of ether oxygens (including phenoxy) is 1. The molecule has 0 fully saturated rings. The van der Waals surface area contributed by atoms with Gasteiger partial charge in [0.2, 0.25) is 0 Å². The van der Waals surface area contributed by atoms with Crippen LogP contribution in [0.5, 0.6) is 0 Å². The maximum Gasteiger partial charge on any atom is 0.311 e. The Labute approximate surface area is 139 Å². The summed E-state index contributed by atoms with van der Waals surface area (Å²) in [4.78, 5) is 28.7. The Balaban J connectivity index is 2.50. The second kappa shape index (κ2) is 8.26. The molecule has 2 N–H and O–H groups in total. The van der Waals surface area contributed by atoms with Gasteiger partial charge in [0, 0.05) is 18.9 Å². The van der Waals surface area contributed by atoms with E-state index in [-0.39, 0.29) is 18.6 Å². The Kier molecular flexibility index (Phi) is 6.08. The number of hydrogen-bond acceptors (Lipinski definition) is 5. The highest BCUT2D eigenvalue weighted by Gasteiger charge is 2.20. The fraction of sp³-hybridized carbons (Fsp3) is 0.353. The molecule has 0 spiro atoms. The normalized spacial score (nSPS) is 11.5. The Morgan fingerprint density at radius 2 is 2.04 bits per heavy atom. The SMILES string of the molecule is COC(=O)Cc1[nH]n(-c2ccccc2)c(=O)c1C(C)=NCCCO. The minimum absolute atomic E-state index is 0.0349. The molecule has 0 amide bonds. The number of H-pyrrole nitrogens is 1. The molecule has 128 valence electrons. The molecule has 0 unspecified atom stereocenters. The number of methoxy groups -OCH3 is 1. The lowest BCUT2D eigenvalue weighted by Crippen LogP contribution is -2.20. The van der Waals surface area contributed by atoms with Gasteiger partial charge in [-0.3, -0.25) is 19.7 Å². The molecule has 7 heteroatoms. The Bertz CT molecular complexity index is 775. The van der Waals surface area contributed by atoms with Gasteiger partial charge >= 0.3 is 5.97 Å². The van der Waals surface area contributed by atoms with Crippen LogP contribution in [0.25, 0.3) is 5.69 Å². The highest BCUT2D eigenvalue weighted by molar-refractivity contribution is 6.00. The molecule has 1 aromatic heterocycles. The summed E-state index contributed by atoms with van der Waals surface area (Å²) in [5.41, 5.74) is 1.75. The number of para-hydroxylation sites is 1. The van der Waals surface area contributed by atoms with Crippen LogP contribution in [-0.4, -0.2) is 46.8 Å².